The first kappa shape index (κ1) is 16.5. The number of rotatable bonds is 0. The second-order valence-corrected chi connectivity index (χ2v) is 10.2. The third-order valence-corrected chi connectivity index (χ3v) is 9.01. The highest BCUT2D eigenvalue weighted by Crippen LogP contribution is 2.73. The van der Waals surface area contributed by atoms with Crippen molar-refractivity contribution < 1.29 is 24.5 Å². The van der Waals surface area contributed by atoms with E-state index in [1.807, 2.05) is 0 Å². The van der Waals surface area contributed by atoms with Gasteiger partial charge in [0.05, 0.1) is 17.4 Å². The second kappa shape index (κ2) is 4.79. The molecule has 5 fully saturated rings. The second-order valence-electron chi connectivity index (χ2n) is 10.2. The van der Waals surface area contributed by atoms with E-state index < -0.39 is 24.1 Å². The highest BCUT2D eigenvalue weighted by atomic mass is 16.8. The molecule has 0 aromatic carbocycles. The van der Waals surface area contributed by atoms with E-state index in [0.717, 1.165) is 19.3 Å². The first-order valence-corrected chi connectivity index (χ1v) is 9.95. The van der Waals surface area contributed by atoms with Gasteiger partial charge in [-0.2, -0.15) is 0 Å². The van der Waals surface area contributed by atoms with Crippen molar-refractivity contribution in [3.05, 3.63) is 0 Å². The lowest BCUT2D eigenvalue weighted by Crippen LogP contribution is -2.67. The number of esters is 1. The zero-order valence-electron chi connectivity index (χ0n) is 15.4. The van der Waals surface area contributed by atoms with Crippen LogP contribution in [0.3, 0.4) is 0 Å². The summed E-state index contributed by atoms with van der Waals surface area (Å²) < 4.78 is 11.2. The number of carbonyl (C=O) groups excluding carboxylic acids is 1. The lowest BCUT2D eigenvalue weighted by atomic mass is 9.38. The highest BCUT2D eigenvalue weighted by Gasteiger charge is 2.77. The number of carbonyl (C=O) groups is 1. The molecular weight excluding hydrogens is 320 g/mol. The van der Waals surface area contributed by atoms with Gasteiger partial charge < -0.3 is 19.7 Å². The Kier molecular flexibility index (Phi) is 3.16. The Morgan fingerprint density at radius 3 is 2.60 bits per heavy atom. The molecule has 0 aromatic heterocycles. The predicted molar refractivity (Wildman–Crippen MR) is 89.0 cm³/mol. The molecule has 2 N–H and O–H groups in total. The summed E-state index contributed by atoms with van der Waals surface area (Å²) in [7, 11) is 0. The standard InChI is InChI=1S/C20H30O5/c1-18(2)7-4-8-19(3)11-6-5-10-14-16(24-15(10)22)25-17(23)20(11,14)13(21)9-12(18)19/h10-14,16-17,21,23H,4-9H2,1-3H3/t10-,11+,12-,13-,14+,16+,17-,19-,20-/m1/s1. The zero-order chi connectivity index (χ0) is 17.8. The summed E-state index contributed by atoms with van der Waals surface area (Å²) in [6.07, 6.45) is 3.48. The molecule has 0 amide bonds. The molecule has 0 aromatic rings. The molecule has 2 saturated heterocycles. The lowest BCUT2D eigenvalue weighted by Gasteiger charge is -2.66. The normalized spacial score (nSPS) is 58.9. The molecule has 0 bridgehead atoms. The van der Waals surface area contributed by atoms with Crippen LogP contribution in [0.5, 0.6) is 0 Å². The van der Waals surface area contributed by atoms with Crippen LogP contribution >= 0.6 is 0 Å². The fraction of sp³-hybridized carbons (Fsp3) is 0.950. The van der Waals surface area contributed by atoms with Gasteiger partial charge in [0, 0.05) is 5.92 Å². The number of aliphatic hydroxyl groups excluding tert-OH is 2. The Morgan fingerprint density at radius 2 is 1.84 bits per heavy atom. The molecule has 5 aliphatic rings. The summed E-state index contributed by atoms with van der Waals surface area (Å²) >= 11 is 0. The van der Waals surface area contributed by atoms with Gasteiger partial charge in [0.25, 0.3) is 0 Å². The molecule has 5 heteroatoms. The van der Waals surface area contributed by atoms with Crippen molar-refractivity contribution in [3.8, 4) is 0 Å². The Labute approximate surface area is 149 Å². The summed E-state index contributed by atoms with van der Waals surface area (Å²) in [4.78, 5) is 12.3. The minimum atomic E-state index is -1.04. The third-order valence-electron chi connectivity index (χ3n) is 9.01. The largest absolute Gasteiger partial charge is 0.435 e. The van der Waals surface area contributed by atoms with Crippen molar-refractivity contribution in [2.75, 3.05) is 0 Å². The zero-order valence-corrected chi connectivity index (χ0v) is 15.4. The van der Waals surface area contributed by atoms with Crippen LogP contribution in [0.2, 0.25) is 0 Å². The van der Waals surface area contributed by atoms with E-state index in [4.69, 9.17) is 9.47 Å². The van der Waals surface area contributed by atoms with Gasteiger partial charge in [0.2, 0.25) is 6.29 Å². The topological polar surface area (TPSA) is 76.0 Å². The summed E-state index contributed by atoms with van der Waals surface area (Å²) in [6, 6.07) is 0. The quantitative estimate of drug-likeness (QED) is 0.656. The van der Waals surface area contributed by atoms with Gasteiger partial charge in [-0.3, -0.25) is 4.79 Å². The smallest absolute Gasteiger partial charge is 0.311 e. The van der Waals surface area contributed by atoms with Gasteiger partial charge in [-0.1, -0.05) is 27.2 Å². The maximum Gasteiger partial charge on any atom is 0.311 e. The van der Waals surface area contributed by atoms with Crippen LogP contribution in [0, 0.1) is 39.9 Å². The van der Waals surface area contributed by atoms with E-state index in [2.05, 4.69) is 20.8 Å². The van der Waals surface area contributed by atoms with Gasteiger partial charge in [-0.05, 0) is 54.8 Å². The maximum atomic E-state index is 12.3. The van der Waals surface area contributed by atoms with E-state index in [0.29, 0.717) is 12.3 Å². The van der Waals surface area contributed by atoms with E-state index in [1.165, 1.54) is 12.8 Å². The third kappa shape index (κ3) is 1.73. The summed E-state index contributed by atoms with van der Waals surface area (Å²) in [6.45, 7) is 7.03. The van der Waals surface area contributed by atoms with Crippen molar-refractivity contribution in [1.82, 2.24) is 0 Å². The van der Waals surface area contributed by atoms with Gasteiger partial charge in [-0.15, -0.1) is 0 Å². The summed E-state index contributed by atoms with van der Waals surface area (Å²) in [5, 5.41) is 22.3. The molecule has 5 rings (SSSR count). The molecule has 140 valence electrons. The van der Waals surface area contributed by atoms with Crippen LogP contribution in [-0.2, 0) is 14.3 Å². The number of aliphatic hydroxyl groups is 2. The molecule has 0 radical (unpaired) electrons. The van der Waals surface area contributed by atoms with Crippen molar-refractivity contribution >= 4 is 5.97 Å². The SMILES string of the molecule is CC1(C)CCC[C@@]2(C)[C@@H]1C[C@@H](O)[C@@]13[C@@H]4[C@@H](OC(=O)[C@@H]4CC[C@@H]21)O[C@H]3O. The molecule has 1 spiro atoms. The Morgan fingerprint density at radius 1 is 1.08 bits per heavy atom. The van der Waals surface area contributed by atoms with Crippen molar-refractivity contribution in [2.24, 2.45) is 39.9 Å². The lowest BCUT2D eigenvalue weighted by molar-refractivity contribution is -0.275. The highest BCUT2D eigenvalue weighted by molar-refractivity contribution is 5.75. The first-order valence-electron chi connectivity index (χ1n) is 9.95. The molecule has 2 heterocycles. The van der Waals surface area contributed by atoms with E-state index >= 15 is 0 Å². The fourth-order valence-corrected chi connectivity index (χ4v) is 8.13. The fourth-order valence-electron chi connectivity index (χ4n) is 8.13. The molecule has 3 aliphatic carbocycles. The van der Waals surface area contributed by atoms with Crippen LogP contribution in [0.25, 0.3) is 0 Å². The van der Waals surface area contributed by atoms with Crippen molar-refractivity contribution in [3.63, 3.8) is 0 Å². The van der Waals surface area contributed by atoms with Crippen molar-refractivity contribution in [2.45, 2.75) is 78.0 Å². The average Bonchev–Trinajstić information content (AvgIpc) is 3.00. The predicted octanol–water partition coefficient (Wildman–Crippen LogP) is 2.44. The molecule has 25 heavy (non-hydrogen) atoms. The van der Waals surface area contributed by atoms with Crippen LogP contribution in [-0.4, -0.2) is 34.9 Å². The van der Waals surface area contributed by atoms with Crippen LogP contribution in [0.15, 0.2) is 0 Å². The van der Waals surface area contributed by atoms with E-state index in [-0.39, 0.29) is 34.6 Å². The molecule has 3 saturated carbocycles. The molecule has 0 unspecified atom stereocenters. The maximum absolute atomic E-state index is 12.3. The molecular formula is C20H30O5. The van der Waals surface area contributed by atoms with Crippen LogP contribution < -0.4 is 0 Å². The van der Waals surface area contributed by atoms with Crippen LogP contribution in [0.4, 0.5) is 0 Å². The van der Waals surface area contributed by atoms with E-state index in [9.17, 15) is 15.0 Å². The van der Waals surface area contributed by atoms with Crippen molar-refractivity contribution in [1.29, 1.82) is 0 Å². The number of hydrogen-bond donors (Lipinski definition) is 2. The van der Waals surface area contributed by atoms with Gasteiger partial charge >= 0.3 is 5.97 Å². The van der Waals surface area contributed by atoms with Gasteiger partial charge in [-0.25, -0.2) is 0 Å². The minimum absolute atomic E-state index is 0.0663. The van der Waals surface area contributed by atoms with Gasteiger partial charge in [0.1, 0.15) is 0 Å². The summed E-state index contributed by atoms with van der Waals surface area (Å²) in [5.41, 5.74) is -0.493. The monoisotopic (exact) mass is 350 g/mol. The number of fused-ring (bicyclic) bond motifs is 2. The molecule has 9 atom stereocenters. The molecule has 2 aliphatic heterocycles. The van der Waals surface area contributed by atoms with E-state index in [1.54, 1.807) is 0 Å². The average molecular weight is 350 g/mol. The van der Waals surface area contributed by atoms with Crippen LogP contribution in [0.1, 0.15) is 59.3 Å². The summed E-state index contributed by atoms with van der Waals surface area (Å²) in [5.74, 6) is -0.0381. The Balaban J connectivity index is 1.65. The minimum Gasteiger partial charge on any atom is -0.435 e. The first-order chi connectivity index (χ1) is 11.7. The molecule has 5 nitrogen and oxygen atoms in total. The Bertz CT molecular complexity index is 617. The van der Waals surface area contributed by atoms with Gasteiger partial charge in [0.15, 0.2) is 6.29 Å². The number of ether oxygens (including phenoxy) is 2. The Hall–Kier alpha value is -0.650. The number of hydrogen-bond acceptors (Lipinski definition) is 5.